The van der Waals surface area contributed by atoms with Gasteiger partial charge in [0.05, 0.1) is 0 Å². The lowest BCUT2D eigenvalue weighted by Gasteiger charge is -2.04. The van der Waals surface area contributed by atoms with E-state index in [1.807, 2.05) is 48.6 Å². The summed E-state index contributed by atoms with van der Waals surface area (Å²) in [4.78, 5) is 23.9. The van der Waals surface area contributed by atoms with Gasteiger partial charge in [0.1, 0.15) is 23.0 Å². The maximum absolute atomic E-state index is 12.0. The van der Waals surface area contributed by atoms with E-state index in [4.69, 9.17) is 13.9 Å². The topological polar surface area (TPSA) is 65.7 Å². The molecule has 0 amide bonds. The number of hydrogen-bond acceptors (Lipinski definition) is 5. The van der Waals surface area contributed by atoms with E-state index < -0.39 is 0 Å². The predicted octanol–water partition coefficient (Wildman–Crippen LogP) is 8.70. The van der Waals surface area contributed by atoms with Crippen molar-refractivity contribution in [2.24, 2.45) is 0 Å². The summed E-state index contributed by atoms with van der Waals surface area (Å²) < 4.78 is 16.8. The Hall–Kier alpha value is -3.86. The van der Waals surface area contributed by atoms with Crippen LogP contribution in [0.2, 0.25) is 0 Å². The van der Waals surface area contributed by atoms with E-state index in [-0.39, 0.29) is 11.9 Å². The van der Waals surface area contributed by atoms with Gasteiger partial charge in [-0.2, -0.15) is 0 Å². The zero-order chi connectivity index (χ0) is 26.3. The molecule has 0 N–H and O–H groups in total. The van der Waals surface area contributed by atoms with Gasteiger partial charge < -0.3 is 13.9 Å². The normalized spacial score (nSPS) is 11.3. The molecule has 0 aliphatic carbocycles. The first-order valence-corrected chi connectivity index (χ1v) is 13.2. The van der Waals surface area contributed by atoms with Crippen molar-refractivity contribution in [3.63, 3.8) is 0 Å². The molecule has 0 atom stereocenters. The van der Waals surface area contributed by atoms with Gasteiger partial charge in [-0.05, 0) is 86.3 Å². The van der Waals surface area contributed by atoms with Gasteiger partial charge in [-0.3, -0.25) is 0 Å². The van der Waals surface area contributed by atoms with Crippen LogP contribution in [-0.2, 0) is 9.59 Å². The lowest BCUT2D eigenvalue weighted by Crippen LogP contribution is -2.03. The second-order valence-corrected chi connectivity index (χ2v) is 8.85. The molecule has 0 unspecified atom stereocenters. The fourth-order valence-electron chi connectivity index (χ4n) is 3.71. The van der Waals surface area contributed by atoms with E-state index in [0.717, 1.165) is 62.5 Å². The maximum atomic E-state index is 12.0. The molecule has 0 aliphatic heterocycles. The molecule has 3 rings (SSSR count). The molecule has 0 saturated heterocycles. The summed E-state index contributed by atoms with van der Waals surface area (Å²) >= 11 is 0. The van der Waals surface area contributed by atoms with Gasteiger partial charge in [0.25, 0.3) is 0 Å². The number of hydrogen-bond donors (Lipinski definition) is 0. The summed E-state index contributed by atoms with van der Waals surface area (Å²) in [5.74, 6) is 1.63. The highest BCUT2D eigenvalue weighted by molar-refractivity contribution is 5.84. The molecule has 3 aromatic rings. The lowest BCUT2D eigenvalue weighted by atomic mass is 10.1. The van der Waals surface area contributed by atoms with Crippen molar-refractivity contribution in [3.05, 3.63) is 85.0 Å². The average molecular weight is 501 g/mol. The number of benzene rings is 2. The van der Waals surface area contributed by atoms with Gasteiger partial charge in [0, 0.05) is 23.3 Å². The monoisotopic (exact) mass is 500 g/mol. The largest absolute Gasteiger partial charge is 0.456 e. The summed E-state index contributed by atoms with van der Waals surface area (Å²) in [7, 11) is 0. The minimum Gasteiger partial charge on any atom is -0.456 e. The molecule has 5 nitrogen and oxygen atoms in total. The third-order valence-corrected chi connectivity index (χ3v) is 5.78. The molecule has 0 aliphatic rings. The number of unbranched alkanes of at least 4 members (excludes halogenated alkanes) is 6. The number of carbonyl (C=O) groups is 2. The Labute approximate surface area is 219 Å². The van der Waals surface area contributed by atoms with Gasteiger partial charge in [-0.1, -0.05) is 51.7 Å². The van der Waals surface area contributed by atoms with Crippen LogP contribution in [0.15, 0.2) is 89.4 Å². The zero-order valence-electron chi connectivity index (χ0n) is 21.8. The Bertz CT molecular complexity index is 1070. The first-order valence-electron chi connectivity index (χ1n) is 13.2. The number of ether oxygens (including phenoxy) is 2. The highest BCUT2D eigenvalue weighted by atomic mass is 16.5. The molecule has 194 valence electrons. The maximum Gasteiger partial charge on any atom is 0.335 e. The molecular formula is C32H36O5. The van der Waals surface area contributed by atoms with Crippen molar-refractivity contribution < 1.29 is 23.5 Å². The molecule has 0 saturated carbocycles. The summed E-state index contributed by atoms with van der Waals surface area (Å²) in [5.41, 5.74) is 1.75. The first-order chi connectivity index (χ1) is 18.1. The van der Waals surface area contributed by atoms with Crippen molar-refractivity contribution in [1.82, 2.24) is 0 Å². The summed E-state index contributed by atoms with van der Waals surface area (Å²) in [6.45, 7) is 4.30. The number of carbonyl (C=O) groups excluding carboxylic acids is 2. The fraction of sp³-hybridized carbons (Fsp3) is 0.312. The van der Waals surface area contributed by atoms with E-state index in [1.165, 1.54) is 12.2 Å². The molecule has 0 fully saturated rings. The Morgan fingerprint density at radius 3 is 1.41 bits per heavy atom. The molecule has 0 radical (unpaired) electrons. The molecular weight excluding hydrogens is 464 g/mol. The predicted molar refractivity (Wildman–Crippen MR) is 147 cm³/mol. The number of rotatable bonds is 14. The smallest absolute Gasteiger partial charge is 0.335 e. The average Bonchev–Trinajstić information content (AvgIpc) is 3.40. The molecule has 0 spiro atoms. The molecule has 5 heteroatoms. The van der Waals surface area contributed by atoms with Crippen LogP contribution in [-0.4, -0.2) is 11.9 Å². The van der Waals surface area contributed by atoms with Gasteiger partial charge in [-0.25, -0.2) is 9.59 Å². The standard InChI is InChI=1S/C32H36O5/c1-3-5-7-9-11-13-31(33)35-27-19-15-25(16-20-27)29-23-24-30(37-29)26-17-21-28(22-18-26)36-32(34)14-12-10-8-6-4-2/h11-24H,3-10H2,1-2H3/b13-11+,14-12+. The van der Waals surface area contributed by atoms with E-state index in [9.17, 15) is 9.59 Å². The van der Waals surface area contributed by atoms with Gasteiger partial charge >= 0.3 is 11.9 Å². The molecule has 37 heavy (non-hydrogen) atoms. The number of allylic oxidation sites excluding steroid dienone is 2. The SMILES string of the molecule is CCCCC/C=C/C(=O)Oc1ccc(-c2ccc(-c3ccc(OC(=O)/C=C/CCCCC)cc3)o2)cc1. The Morgan fingerprint density at radius 2 is 1.03 bits per heavy atom. The van der Waals surface area contributed by atoms with Gasteiger partial charge in [0.2, 0.25) is 0 Å². The third-order valence-electron chi connectivity index (χ3n) is 5.78. The summed E-state index contributed by atoms with van der Waals surface area (Å²) in [5, 5.41) is 0. The van der Waals surface area contributed by atoms with E-state index in [2.05, 4.69) is 13.8 Å². The number of furan rings is 1. The van der Waals surface area contributed by atoms with Crippen molar-refractivity contribution in [2.45, 2.75) is 65.2 Å². The van der Waals surface area contributed by atoms with Crippen LogP contribution in [0.25, 0.3) is 22.6 Å². The Kier molecular flexibility index (Phi) is 11.5. The second-order valence-electron chi connectivity index (χ2n) is 8.85. The van der Waals surface area contributed by atoms with Crippen LogP contribution in [0.3, 0.4) is 0 Å². The van der Waals surface area contributed by atoms with Crippen LogP contribution in [0.1, 0.15) is 65.2 Å². The summed E-state index contributed by atoms with van der Waals surface area (Å²) in [6.07, 6.45) is 15.2. The minimum atomic E-state index is -0.373. The molecule has 2 aromatic carbocycles. The van der Waals surface area contributed by atoms with Crippen molar-refractivity contribution in [2.75, 3.05) is 0 Å². The van der Waals surface area contributed by atoms with Crippen molar-refractivity contribution >= 4 is 11.9 Å². The van der Waals surface area contributed by atoms with Crippen molar-refractivity contribution in [3.8, 4) is 34.1 Å². The highest BCUT2D eigenvalue weighted by Crippen LogP contribution is 2.30. The van der Waals surface area contributed by atoms with Crippen LogP contribution in [0.4, 0.5) is 0 Å². The quantitative estimate of drug-likeness (QED) is 0.0958. The van der Waals surface area contributed by atoms with Crippen molar-refractivity contribution in [1.29, 1.82) is 0 Å². The van der Waals surface area contributed by atoms with Crippen LogP contribution in [0, 0.1) is 0 Å². The Balaban J connectivity index is 1.52. The summed E-state index contributed by atoms with van der Waals surface area (Å²) in [6, 6.07) is 18.2. The molecule has 1 heterocycles. The Morgan fingerprint density at radius 1 is 0.622 bits per heavy atom. The van der Waals surface area contributed by atoms with Crippen LogP contribution in [0.5, 0.6) is 11.5 Å². The second kappa shape index (κ2) is 15.3. The first kappa shape index (κ1) is 27.7. The zero-order valence-corrected chi connectivity index (χ0v) is 21.8. The minimum absolute atomic E-state index is 0.373. The van der Waals surface area contributed by atoms with Gasteiger partial charge in [0.15, 0.2) is 0 Å². The van der Waals surface area contributed by atoms with Gasteiger partial charge in [-0.15, -0.1) is 0 Å². The fourth-order valence-corrected chi connectivity index (χ4v) is 3.71. The van der Waals surface area contributed by atoms with E-state index in [0.29, 0.717) is 23.0 Å². The highest BCUT2D eigenvalue weighted by Gasteiger charge is 2.09. The van der Waals surface area contributed by atoms with E-state index >= 15 is 0 Å². The van der Waals surface area contributed by atoms with E-state index in [1.54, 1.807) is 24.3 Å². The third kappa shape index (κ3) is 9.60. The molecule has 0 bridgehead atoms. The lowest BCUT2D eigenvalue weighted by molar-refractivity contribution is -0.129. The van der Waals surface area contributed by atoms with Crippen LogP contribution >= 0.6 is 0 Å². The molecule has 1 aromatic heterocycles. The number of esters is 2. The van der Waals surface area contributed by atoms with Crippen LogP contribution < -0.4 is 9.47 Å².